The van der Waals surface area contributed by atoms with Crippen LogP contribution in [0.2, 0.25) is 0 Å². The number of benzene rings is 2. The molecular formula is C23H21N3O7S. The van der Waals surface area contributed by atoms with Crippen LogP contribution in [0.5, 0.6) is 28.7 Å². The van der Waals surface area contributed by atoms with Gasteiger partial charge in [-0.1, -0.05) is 11.8 Å². The Hall–Kier alpha value is -3.60. The Kier molecular flexibility index (Phi) is 4.94. The number of phenolic OH excluding ortho intramolecular Hbond substituents is 1. The minimum Gasteiger partial charge on any atom is -0.502 e. The van der Waals surface area contributed by atoms with Gasteiger partial charge in [0, 0.05) is 17.1 Å². The number of cyclic esters (lactones) is 1. The number of aromatic hydroxyl groups is 1. The summed E-state index contributed by atoms with van der Waals surface area (Å²) >= 11 is 1.51. The monoisotopic (exact) mass is 483 g/mol. The van der Waals surface area contributed by atoms with Crippen LogP contribution in [0.15, 0.2) is 35.7 Å². The van der Waals surface area contributed by atoms with E-state index in [0.29, 0.717) is 16.7 Å². The molecule has 0 radical (unpaired) electrons. The number of fused-ring (bicyclic) bond motifs is 3. The van der Waals surface area contributed by atoms with Crippen molar-refractivity contribution in [3.05, 3.63) is 47.3 Å². The van der Waals surface area contributed by atoms with Gasteiger partial charge in [0.05, 0.1) is 26.7 Å². The highest BCUT2D eigenvalue weighted by molar-refractivity contribution is 7.99. The molecule has 11 heteroatoms. The van der Waals surface area contributed by atoms with E-state index in [4.69, 9.17) is 23.7 Å². The number of hydrogen-bond acceptors (Lipinski definition) is 10. The number of hydrogen-bond donors (Lipinski definition) is 2. The number of ether oxygens (including phenoxy) is 5. The molecule has 2 N–H and O–H groups in total. The molecule has 2 aliphatic heterocycles. The van der Waals surface area contributed by atoms with Gasteiger partial charge >= 0.3 is 5.97 Å². The van der Waals surface area contributed by atoms with E-state index in [-0.39, 0.29) is 53.7 Å². The number of phenols is 1. The van der Waals surface area contributed by atoms with Crippen LogP contribution < -0.4 is 18.9 Å². The van der Waals surface area contributed by atoms with Crippen molar-refractivity contribution in [3.8, 4) is 28.7 Å². The Morgan fingerprint density at radius 2 is 1.76 bits per heavy atom. The predicted octanol–water partition coefficient (Wildman–Crippen LogP) is 3.02. The molecule has 3 aromatic rings. The topological polar surface area (TPSA) is 125 Å². The van der Waals surface area contributed by atoms with Gasteiger partial charge in [-0.25, -0.2) is 4.98 Å². The second kappa shape index (κ2) is 8.01. The highest BCUT2D eigenvalue weighted by Gasteiger charge is 2.53. The van der Waals surface area contributed by atoms with Crippen LogP contribution in [-0.2, 0) is 9.53 Å². The molecule has 34 heavy (non-hydrogen) atoms. The molecule has 3 heterocycles. The number of aromatic amines is 1. The van der Waals surface area contributed by atoms with Crippen molar-refractivity contribution in [2.24, 2.45) is 11.8 Å². The minimum atomic E-state index is -0.466. The molecule has 0 spiro atoms. The number of H-pyrrole nitrogens is 1. The Labute approximate surface area is 198 Å². The van der Waals surface area contributed by atoms with Crippen molar-refractivity contribution in [1.29, 1.82) is 0 Å². The van der Waals surface area contributed by atoms with Crippen molar-refractivity contribution >= 4 is 17.7 Å². The molecule has 0 amide bonds. The number of nitrogens with one attached hydrogen (secondary N) is 1. The van der Waals surface area contributed by atoms with Gasteiger partial charge in [-0.3, -0.25) is 9.89 Å². The Balaban J connectivity index is 1.57. The van der Waals surface area contributed by atoms with E-state index in [1.54, 1.807) is 12.1 Å². The van der Waals surface area contributed by atoms with Crippen LogP contribution in [0.3, 0.4) is 0 Å². The first-order chi connectivity index (χ1) is 16.6. The normalized spacial score (nSPS) is 24.4. The highest BCUT2D eigenvalue weighted by Crippen LogP contribution is 2.59. The quantitative estimate of drug-likeness (QED) is 0.523. The molecule has 0 bridgehead atoms. The number of aromatic nitrogens is 3. The zero-order valence-electron chi connectivity index (χ0n) is 18.3. The third-order valence-electron chi connectivity index (χ3n) is 6.61. The first-order valence-corrected chi connectivity index (χ1v) is 11.5. The molecule has 1 fully saturated rings. The van der Waals surface area contributed by atoms with Gasteiger partial charge in [0.2, 0.25) is 12.5 Å². The first-order valence-electron chi connectivity index (χ1n) is 10.7. The lowest BCUT2D eigenvalue weighted by atomic mass is 9.67. The number of rotatable bonds is 5. The summed E-state index contributed by atoms with van der Waals surface area (Å²) < 4.78 is 27.7. The van der Waals surface area contributed by atoms with Crippen LogP contribution in [0.25, 0.3) is 0 Å². The smallest absolute Gasteiger partial charge is 0.310 e. The maximum atomic E-state index is 13.1. The predicted molar refractivity (Wildman–Crippen MR) is 119 cm³/mol. The summed E-state index contributed by atoms with van der Waals surface area (Å²) in [5.41, 5.74) is 2.68. The first kappa shape index (κ1) is 21.0. The van der Waals surface area contributed by atoms with Crippen molar-refractivity contribution in [1.82, 2.24) is 15.2 Å². The van der Waals surface area contributed by atoms with Gasteiger partial charge < -0.3 is 28.8 Å². The van der Waals surface area contributed by atoms with E-state index in [1.165, 1.54) is 32.3 Å². The number of carbonyl (C=O) groups is 1. The average molecular weight is 484 g/mol. The molecule has 6 rings (SSSR count). The Morgan fingerprint density at radius 3 is 2.41 bits per heavy atom. The lowest BCUT2D eigenvalue weighted by Crippen LogP contribution is -2.33. The third kappa shape index (κ3) is 3.14. The second-order valence-corrected chi connectivity index (χ2v) is 9.37. The van der Waals surface area contributed by atoms with Crippen molar-refractivity contribution in [2.75, 3.05) is 27.6 Å². The Bertz CT molecular complexity index is 1240. The van der Waals surface area contributed by atoms with Gasteiger partial charge in [0.1, 0.15) is 6.33 Å². The third-order valence-corrected chi connectivity index (χ3v) is 7.89. The molecule has 0 unspecified atom stereocenters. The maximum Gasteiger partial charge on any atom is 0.310 e. The summed E-state index contributed by atoms with van der Waals surface area (Å²) in [5.74, 6) is 0.459. The number of methoxy groups -OCH3 is 2. The molecule has 0 saturated carbocycles. The Morgan fingerprint density at radius 1 is 1.06 bits per heavy atom. The molecule has 176 valence electrons. The van der Waals surface area contributed by atoms with E-state index in [2.05, 4.69) is 15.2 Å². The summed E-state index contributed by atoms with van der Waals surface area (Å²) in [6.45, 7) is 0.421. The summed E-state index contributed by atoms with van der Waals surface area (Å²) in [4.78, 5) is 17.4. The van der Waals surface area contributed by atoms with E-state index in [9.17, 15) is 9.90 Å². The van der Waals surface area contributed by atoms with Gasteiger partial charge in [-0.05, 0) is 41.0 Å². The SMILES string of the molecule is COc1cc([C@@H]2c3cc4c(cc3[C@@H](Sc3ncn[nH]3)[C@H]3COC(=O)[C@H]23)OCO4)cc(OC)c1O. The van der Waals surface area contributed by atoms with Gasteiger partial charge in [-0.15, -0.1) is 0 Å². The zero-order valence-corrected chi connectivity index (χ0v) is 19.1. The maximum absolute atomic E-state index is 13.1. The standard InChI is InChI=1S/C23H21N3O7S/c1-29-16-3-10(4-17(30-2)20(16)27)18-11-5-14-15(33-9-32-14)6-12(11)21(34-23-24-8-25-26-23)13-7-31-22(28)19(13)18/h3-6,8,13,18-19,21,27H,7,9H2,1-2H3,(H,24,25,26)/t13-,18+,19-,21+/m0/s1. The number of thioether (sulfide) groups is 1. The largest absolute Gasteiger partial charge is 0.502 e. The summed E-state index contributed by atoms with van der Waals surface area (Å²) in [7, 11) is 2.95. The lowest BCUT2D eigenvalue weighted by Gasteiger charge is -2.38. The van der Waals surface area contributed by atoms with Gasteiger partial charge in [-0.2, -0.15) is 5.10 Å². The summed E-state index contributed by atoms with van der Waals surface area (Å²) in [5, 5.41) is 17.8. The number of esters is 1. The van der Waals surface area contributed by atoms with Crippen molar-refractivity contribution in [2.45, 2.75) is 16.3 Å². The highest BCUT2D eigenvalue weighted by atomic mass is 32.2. The molecular weight excluding hydrogens is 462 g/mol. The van der Waals surface area contributed by atoms with E-state index < -0.39 is 5.92 Å². The van der Waals surface area contributed by atoms with Gasteiger partial charge in [0.25, 0.3) is 0 Å². The molecule has 4 atom stereocenters. The fraction of sp³-hybridized carbons (Fsp3) is 0.348. The second-order valence-electron chi connectivity index (χ2n) is 8.23. The molecule has 1 aromatic heterocycles. The van der Waals surface area contributed by atoms with Crippen LogP contribution in [0, 0.1) is 11.8 Å². The zero-order chi connectivity index (χ0) is 23.4. The van der Waals surface area contributed by atoms with Crippen LogP contribution in [0.4, 0.5) is 0 Å². The molecule has 2 aromatic carbocycles. The summed E-state index contributed by atoms with van der Waals surface area (Å²) in [6, 6.07) is 7.39. The van der Waals surface area contributed by atoms with Crippen LogP contribution in [0.1, 0.15) is 27.9 Å². The molecule has 1 aliphatic carbocycles. The average Bonchev–Trinajstić information content (AvgIpc) is 3.60. The van der Waals surface area contributed by atoms with Crippen molar-refractivity contribution < 1.29 is 33.6 Å². The van der Waals surface area contributed by atoms with E-state index >= 15 is 0 Å². The molecule has 10 nitrogen and oxygen atoms in total. The minimum absolute atomic E-state index is 0.0974. The van der Waals surface area contributed by atoms with Gasteiger partial charge in [0.15, 0.2) is 28.2 Å². The van der Waals surface area contributed by atoms with E-state index in [0.717, 1.165) is 16.7 Å². The number of carbonyl (C=O) groups excluding carboxylic acids is 1. The van der Waals surface area contributed by atoms with Crippen molar-refractivity contribution in [3.63, 3.8) is 0 Å². The number of nitrogens with zero attached hydrogens (tertiary/aromatic N) is 2. The lowest BCUT2D eigenvalue weighted by molar-refractivity contribution is -0.141. The van der Waals surface area contributed by atoms with Crippen LogP contribution >= 0.6 is 11.8 Å². The van der Waals surface area contributed by atoms with E-state index in [1.807, 2.05) is 12.1 Å². The molecule has 1 saturated heterocycles. The fourth-order valence-corrected chi connectivity index (χ4v) is 6.34. The van der Waals surface area contributed by atoms with Crippen LogP contribution in [-0.4, -0.2) is 53.9 Å². The fourth-order valence-electron chi connectivity index (χ4n) is 5.13. The summed E-state index contributed by atoms with van der Waals surface area (Å²) in [6.07, 6.45) is 1.46. The molecule has 3 aliphatic rings.